The Morgan fingerprint density at radius 1 is 1.78 bits per heavy atom. The zero-order valence-electron chi connectivity index (χ0n) is 5.24. The summed E-state index contributed by atoms with van der Waals surface area (Å²) in [6, 6.07) is 0. The zero-order valence-corrected chi connectivity index (χ0v) is 6.06. The van der Waals surface area contributed by atoms with Gasteiger partial charge >= 0.3 is 0 Å². The van der Waals surface area contributed by atoms with E-state index in [2.05, 4.69) is 5.10 Å². The van der Waals surface area contributed by atoms with Crippen molar-refractivity contribution in [1.29, 1.82) is 0 Å². The molecule has 0 aliphatic carbocycles. The number of nitrogen functional groups attached to an aromatic ring is 1. The lowest BCUT2D eigenvalue weighted by Crippen LogP contribution is -1.92. The second kappa shape index (κ2) is 3.35. The summed E-state index contributed by atoms with van der Waals surface area (Å²) in [6.45, 7) is 2.91. The minimum Gasteiger partial charge on any atom is -0.396 e. The van der Waals surface area contributed by atoms with E-state index in [4.69, 9.17) is 5.73 Å². The molecule has 0 fully saturated rings. The van der Waals surface area contributed by atoms with Gasteiger partial charge in [0.15, 0.2) is 0 Å². The van der Waals surface area contributed by atoms with E-state index in [1.54, 1.807) is 17.1 Å². The van der Waals surface area contributed by atoms with E-state index in [0.717, 1.165) is 12.2 Å². The van der Waals surface area contributed by atoms with E-state index in [-0.39, 0.29) is 12.4 Å². The number of hydrogen-bond donors (Lipinski definition) is 1. The summed E-state index contributed by atoms with van der Waals surface area (Å²) in [4.78, 5) is 0. The monoisotopic (exact) mass is 147 g/mol. The second-order valence-corrected chi connectivity index (χ2v) is 1.63. The molecule has 0 unspecified atom stereocenters. The van der Waals surface area contributed by atoms with Crippen molar-refractivity contribution >= 4 is 18.1 Å². The van der Waals surface area contributed by atoms with Crippen LogP contribution >= 0.6 is 12.4 Å². The molecule has 0 amide bonds. The van der Waals surface area contributed by atoms with E-state index >= 15 is 0 Å². The molecular weight excluding hydrogens is 138 g/mol. The summed E-state index contributed by atoms with van der Waals surface area (Å²) >= 11 is 0. The number of rotatable bonds is 1. The molecule has 0 aliphatic rings. The highest BCUT2D eigenvalue weighted by Crippen LogP contribution is 1.95. The third-order valence-electron chi connectivity index (χ3n) is 0.977. The number of aromatic nitrogens is 2. The highest BCUT2D eigenvalue weighted by atomic mass is 35.5. The van der Waals surface area contributed by atoms with Crippen molar-refractivity contribution in [2.45, 2.75) is 13.5 Å². The summed E-state index contributed by atoms with van der Waals surface area (Å²) in [7, 11) is 0. The van der Waals surface area contributed by atoms with Crippen molar-refractivity contribution in [2.75, 3.05) is 5.73 Å². The summed E-state index contributed by atoms with van der Waals surface area (Å²) in [5.41, 5.74) is 6.10. The Kier molecular flexibility index (Phi) is 3.09. The lowest BCUT2D eigenvalue weighted by molar-refractivity contribution is 0.660. The van der Waals surface area contributed by atoms with Crippen molar-refractivity contribution < 1.29 is 0 Å². The van der Waals surface area contributed by atoms with Gasteiger partial charge in [-0.15, -0.1) is 12.4 Å². The fraction of sp³-hybridized carbons (Fsp3) is 0.400. The number of nitrogens with two attached hydrogens (primary N) is 1. The van der Waals surface area contributed by atoms with Crippen molar-refractivity contribution in [3.63, 3.8) is 0 Å². The standard InChI is InChI=1S/C5H9N3.ClH/c1-2-8-4-5(6)3-7-8;/h3-4H,2,6H2,1H3;1H. The summed E-state index contributed by atoms with van der Waals surface area (Å²) in [5.74, 6) is 0. The number of halogens is 1. The first kappa shape index (κ1) is 8.30. The van der Waals surface area contributed by atoms with E-state index in [0.29, 0.717) is 0 Å². The summed E-state index contributed by atoms with van der Waals surface area (Å²) in [5, 5.41) is 3.93. The Balaban J connectivity index is 0.000000640. The van der Waals surface area contributed by atoms with Crippen LogP contribution in [0.5, 0.6) is 0 Å². The normalized spacial score (nSPS) is 8.56. The van der Waals surface area contributed by atoms with Gasteiger partial charge in [-0.25, -0.2) is 0 Å². The lowest BCUT2D eigenvalue weighted by Gasteiger charge is -1.88. The van der Waals surface area contributed by atoms with E-state index in [9.17, 15) is 0 Å². The number of aryl methyl sites for hydroxylation is 1. The molecule has 9 heavy (non-hydrogen) atoms. The van der Waals surface area contributed by atoms with Gasteiger partial charge in [0.1, 0.15) is 0 Å². The average Bonchev–Trinajstić information content (AvgIpc) is 2.14. The maximum atomic E-state index is 5.37. The van der Waals surface area contributed by atoms with Gasteiger partial charge in [-0.05, 0) is 6.92 Å². The Morgan fingerprint density at radius 3 is 2.67 bits per heavy atom. The molecule has 52 valence electrons. The van der Waals surface area contributed by atoms with Crippen molar-refractivity contribution in [3.8, 4) is 0 Å². The molecule has 2 N–H and O–H groups in total. The smallest absolute Gasteiger partial charge is 0.0719 e. The molecule has 0 atom stereocenters. The molecule has 1 rings (SSSR count). The second-order valence-electron chi connectivity index (χ2n) is 1.63. The summed E-state index contributed by atoms with van der Waals surface area (Å²) in [6.07, 6.45) is 3.45. The van der Waals surface area contributed by atoms with Crippen molar-refractivity contribution in [3.05, 3.63) is 12.4 Å². The average molecular weight is 148 g/mol. The van der Waals surface area contributed by atoms with Gasteiger partial charge in [0.25, 0.3) is 0 Å². The largest absolute Gasteiger partial charge is 0.396 e. The Labute approximate surface area is 60.3 Å². The molecule has 0 aromatic carbocycles. The van der Waals surface area contributed by atoms with Gasteiger partial charge in [-0.2, -0.15) is 5.10 Å². The van der Waals surface area contributed by atoms with Crippen molar-refractivity contribution in [1.82, 2.24) is 9.78 Å². The van der Waals surface area contributed by atoms with Gasteiger partial charge in [0.2, 0.25) is 0 Å². The van der Waals surface area contributed by atoms with E-state index < -0.39 is 0 Å². The molecule has 0 radical (unpaired) electrons. The van der Waals surface area contributed by atoms with Crippen LogP contribution in [0.4, 0.5) is 5.69 Å². The van der Waals surface area contributed by atoms with Gasteiger partial charge in [0, 0.05) is 12.7 Å². The first-order valence-electron chi connectivity index (χ1n) is 2.61. The first-order chi connectivity index (χ1) is 3.83. The highest BCUT2D eigenvalue weighted by molar-refractivity contribution is 5.85. The topological polar surface area (TPSA) is 43.8 Å². The minimum atomic E-state index is 0. The third kappa shape index (κ3) is 1.93. The fourth-order valence-electron chi connectivity index (χ4n) is 0.553. The Hall–Kier alpha value is -0.700. The predicted octanol–water partition coefficient (Wildman–Crippen LogP) is 0.907. The molecule has 3 nitrogen and oxygen atoms in total. The van der Waals surface area contributed by atoms with Gasteiger partial charge < -0.3 is 5.73 Å². The molecule has 0 spiro atoms. The molecule has 1 aromatic rings. The molecule has 1 heterocycles. The zero-order chi connectivity index (χ0) is 5.98. The predicted molar refractivity (Wildman–Crippen MR) is 39.6 cm³/mol. The van der Waals surface area contributed by atoms with Crippen LogP contribution in [0.2, 0.25) is 0 Å². The van der Waals surface area contributed by atoms with Crippen LogP contribution in [0, 0.1) is 0 Å². The SMILES string of the molecule is CCn1cc(N)cn1.Cl. The van der Waals surface area contributed by atoms with Crippen LogP contribution < -0.4 is 5.73 Å². The van der Waals surface area contributed by atoms with Gasteiger partial charge in [0.05, 0.1) is 11.9 Å². The van der Waals surface area contributed by atoms with E-state index in [1.165, 1.54) is 0 Å². The highest BCUT2D eigenvalue weighted by Gasteiger charge is 1.86. The molecule has 0 aliphatic heterocycles. The third-order valence-corrected chi connectivity index (χ3v) is 0.977. The van der Waals surface area contributed by atoms with Gasteiger partial charge in [-0.1, -0.05) is 0 Å². The number of anilines is 1. The van der Waals surface area contributed by atoms with Crippen LogP contribution in [-0.4, -0.2) is 9.78 Å². The number of nitrogens with zero attached hydrogens (tertiary/aromatic N) is 2. The summed E-state index contributed by atoms with van der Waals surface area (Å²) < 4.78 is 1.79. The molecule has 0 saturated carbocycles. The maximum absolute atomic E-state index is 5.37. The maximum Gasteiger partial charge on any atom is 0.0719 e. The quantitative estimate of drug-likeness (QED) is 0.642. The molecule has 4 heteroatoms. The minimum absolute atomic E-state index is 0. The van der Waals surface area contributed by atoms with E-state index in [1.807, 2.05) is 6.92 Å². The molecule has 0 bridgehead atoms. The van der Waals surface area contributed by atoms with Gasteiger partial charge in [-0.3, -0.25) is 4.68 Å². The van der Waals surface area contributed by atoms with Crippen molar-refractivity contribution in [2.24, 2.45) is 0 Å². The van der Waals surface area contributed by atoms with Crippen LogP contribution in [0.1, 0.15) is 6.92 Å². The van der Waals surface area contributed by atoms with Crippen LogP contribution in [0.3, 0.4) is 0 Å². The van der Waals surface area contributed by atoms with Crippen LogP contribution in [0.25, 0.3) is 0 Å². The number of hydrogen-bond acceptors (Lipinski definition) is 2. The fourth-order valence-corrected chi connectivity index (χ4v) is 0.553. The lowest BCUT2D eigenvalue weighted by atomic mass is 10.6. The van der Waals surface area contributed by atoms with Crippen LogP contribution in [-0.2, 0) is 6.54 Å². The molecule has 0 saturated heterocycles. The first-order valence-corrected chi connectivity index (χ1v) is 2.61. The Bertz CT molecular complexity index is 172. The Morgan fingerprint density at radius 2 is 2.44 bits per heavy atom. The molecular formula is C5H10ClN3. The van der Waals surface area contributed by atoms with Crippen LogP contribution in [0.15, 0.2) is 12.4 Å². The molecule has 1 aromatic heterocycles.